The van der Waals surface area contributed by atoms with Crippen molar-refractivity contribution in [1.29, 1.82) is 0 Å². The van der Waals surface area contributed by atoms with Crippen molar-refractivity contribution in [3.63, 3.8) is 0 Å². The molecule has 3 aromatic carbocycles. The summed E-state index contributed by atoms with van der Waals surface area (Å²) in [4.78, 5) is 15.2. The van der Waals surface area contributed by atoms with Gasteiger partial charge >= 0.3 is 0 Å². The SMILES string of the molecule is COc1ccccc1[C@H]1c2c(-c3ccc(F)cc3)n[nH]c2C(=O)N1c1ccccc1. The lowest BCUT2D eigenvalue weighted by molar-refractivity contribution is 0.0988. The molecule has 0 unspecified atom stereocenters. The summed E-state index contributed by atoms with van der Waals surface area (Å²) in [5.41, 5.74) is 4.15. The fourth-order valence-corrected chi connectivity index (χ4v) is 4.02. The van der Waals surface area contributed by atoms with Gasteiger partial charge in [-0.1, -0.05) is 36.4 Å². The van der Waals surface area contributed by atoms with Gasteiger partial charge in [0.2, 0.25) is 0 Å². The van der Waals surface area contributed by atoms with E-state index in [1.807, 2.05) is 54.6 Å². The summed E-state index contributed by atoms with van der Waals surface area (Å²) in [6.07, 6.45) is 0. The second kappa shape index (κ2) is 7.15. The Kier molecular flexibility index (Phi) is 4.32. The molecule has 5 nitrogen and oxygen atoms in total. The highest BCUT2D eigenvalue weighted by Crippen LogP contribution is 2.47. The number of hydrogen-bond donors (Lipinski definition) is 1. The van der Waals surface area contributed by atoms with E-state index in [0.717, 1.165) is 22.4 Å². The van der Waals surface area contributed by atoms with Crippen LogP contribution in [0.5, 0.6) is 5.75 Å². The number of para-hydroxylation sites is 2. The van der Waals surface area contributed by atoms with Crippen molar-refractivity contribution in [2.75, 3.05) is 12.0 Å². The first kappa shape index (κ1) is 18.1. The molecule has 1 aliphatic rings. The van der Waals surface area contributed by atoms with Crippen molar-refractivity contribution >= 4 is 11.6 Å². The maximum Gasteiger partial charge on any atom is 0.277 e. The highest BCUT2D eigenvalue weighted by Gasteiger charge is 2.44. The minimum atomic E-state index is -0.440. The monoisotopic (exact) mass is 399 g/mol. The van der Waals surface area contributed by atoms with Gasteiger partial charge in [-0.25, -0.2) is 4.39 Å². The molecule has 0 aliphatic carbocycles. The van der Waals surface area contributed by atoms with E-state index in [2.05, 4.69) is 10.2 Å². The third-order valence-corrected chi connectivity index (χ3v) is 5.35. The first-order valence-electron chi connectivity index (χ1n) is 9.54. The van der Waals surface area contributed by atoms with Crippen LogP contribution in [-0.2, 0) is 0 Å². The van der Waals surface area contributed by atoms with Gasteiger partial charge in [-0.3, -0.25) is 14.8 Å². The lowest BCUT2D eigenvalue weighted by Crippen LogP contribution is -2.29. The van der Waals surface area contributed by atoms with Gasteiger partial charge in [-0.05, 0) is 42.5 Å². The zero-order valence-electron chi connectivity index (χ0n) is 16.2. The number of fused-ring (bicyclic) bond motifs is 1. The Morgan fingerprint density at radius 1 is 0.967 bits per heavy atom. The molecule has 5 rings (SSSR count). The van der Waals surface area contributed by atoms with Gasteiger partial charge < -0.3 is 4.74 Å². The molecule has 6 heteroatoms. The van der Waals surface area contributed by atoms with Crippen LogP contribution >= 0.6 is 0 Å². The Balaban J connectivity index is 1.75. The molecule has 1 aromatic heterocycles. The van der Waals surface area contributed by atoms with Crippen LogP contribution < -0.4 is 9.64 Å². The smallest absolute Gasteiger partial charge is 0.277 e. The predicted molar refractivity (Wildman–Crippen MR) is 112 cm³/mol. The molecule has 1 amide bonds. The zero-order valence-corrected chi connectivity index (χ0v) is 16.2. The molecular formula is C24H18FN3O2. The number of ether oxygens (including phenoxy) is 1. The summed E-state index contributed by atoms with van der Waals surface area (Å²) in [6.45, 7) is 0. The van der Waals surface area contributed by atoms with Crippen molar-refractivity contribution in [1.82, 2.24) is 10.2 Å². The molecule has 0 spiro atoms. The number of H-pyrrole nitrogens is 1. The number of nitrogens with one attached hydrogen (secondary N) is 1. The van der Waals surface area contributed by atoms with Crippen LogP contribution in [0.4, 0.5) is 10.1 Å². The fraction of sp³-hybridized carbons (Fsp3) is 0.0833. The largest absolute Gasteiger partial charge is 0.496 e. The molecular weight excluding hydrogens is 381 g/mol. The molecule has 0 saturated carbocycles. The third-order valence-electron chi connectivity index (χ3n) is 5.35. The third kappa shape index (κ3) is 2.76. The second-order valence-corrected chi connectivity index (χ2v) is 7.02. The minimum absolute atomic E-state index is 0.173. The molecule has 148 valence electrons. The van der Waals surface area contributed by atoms with Gasteiger partial charge in [0, 0.05) is 22.4 Å². The standard InChI is InChI=1S/C24H18FN3O2/c1-30-19-10-6-5-9-18(19)23-20-21(15-11-13-16(25)14-12-15)26-27-22(20)24(29)28(23)17-7-3-2-4-8-17/h2-14,23H,1H3,(H,26,27)/t23-/m0/s1. The average molecular weight is 399 g/mol. The van der Waals surface area contributed by atoms with E-state index in [0.29, 0.717) is 17.1 Å². The molecule has 0 fully saturated rings. The molecule has 2 heterocycles. The topological polar surface area (TPSA) is 58.2 Å². The number of rotatable bonds is 4. The Morgan fingerprint density at radius 2 is 1.67 bits per heavy atom. The van der Waals surface area contributed by atoms with Crippen LogP contribution in [0, 0.1) is 5.82 Å². The summed E-state index contributed by atoms with van der Waals surface area (Å²) in [5, 5.41) is 7.32. The van der Waals surface area contributed by atoms with Crippen molar-refractivity contribution in [3.8, 4) is 17.0 Å². The maximum atomic E-state index is 13.5. The number of amides is 1. The molecule has 1 atom stereocenters. The Bertz CT molecular complexity index is 1220. The molecule has 0 saturated heterocycles. The van der Waals surface area contributed by atoms with E-state index in [1.54, 1.807) is 24.1 Å². The van der Waals surface area contributed by atoms with Gasteiger partial charge in [-0.15, -0.1) is 0 Å². The number of carbonyl (C=O) groups excluding carboxylic acids is 1. The van der Waals surface area contributed by atoms with Crippen LogP contribution in [0.15, 0.2) is 78.9 Å². The molecule has 1 N–H and O–H groups in total. The normalized spacial score (nSPS) is 15.3. The van der Waals surface area contributed by atoms with Gasteiger partial charge in [0.15, 0.2) is 0 Å². The number of hydrogen-bond acceptors (Lipinski definition) is 3. The number of anilines is 1. The Morgan fingerprint density at radius 3 is 2.40 bits per heavy atom. The predicted octanol–water partition coefficient (Wildman–Crippen LogP) is 4.97. The summed E-state index contributed by atoms with van der Waals surface area (Å²) in [6, 6.07) is 22.8. The van der Waals surface area contributed by atoms with Gasteiger partial charge in [0.05, 0.1) is 18.8 Å². The van der Waals surface area contributed by atoms with Crippen molar-refractivity contribution < 1.29 is 13.9 Å². The summed E-state index contributed by atoms with van der Waals surface area (Å²) < 4.78 is 19.1. The Hall–Kier alpha value is -3.93. The molecule has 30 heavy (non-hydrogen) atoms. The summed E-state index contributed by atoms with van der Waals surface area (Å²) in [5.74, 6) is 0.178. The van der Waals surface area contributed by atoms with Crippen LogP contribution in [0.3, 0.4) is 0 Å². The van der Waals surface area contributed by atoms with E-state index in [1.165, 1.54) is 12.1 Å². The van der Waals surface area contributed by atoms with E-state index < -0.39 is 6.04 Å². The number of methoxy groups -OCH3 is 1. The second-order valence-electron chi connectivity index (χ2n) is 7.02. The fourth-order valence-electron chi connectivity index (χ4n) is 4.02. The van der Waals surface area contributed by atoms with E-state index >= 15 is 0 Å². The van der Waals surface area contributed by atoms with Crippen molar-refractivity contribution in [2.45, 2.75) is 6.04 Å². The van der Waals surface area contributed by atoms with Crippen LogP contribution in [0.25, 0.3) is 11.3 Å². The quantitative estimate of drug-likeness (QED) is 0.527. The van der Waals surface area contributed by atoms with E-state index in [-0.39, 0.29) is 11.7 Å². The zero-order chi connectivity index (χ0) is 20.7. The molecule has 1 aliphatic heterocycles. The van der Waals surface area contributed by atoms with Gasteiger partial charge in [0.1, 0.15) is 17.3 Å². The number of aromatic nitrogens is 2. The summed E-state index contributed by atoms with van der Waals surface area (Å²) >= 11 is 0. The number of carbonyl (C=O) groups is 1. The number of halogens is 1. The molecule has 0 bridgehead atoms. The van der Waals surface area contributed by atoms with Gasteiger partial charge in [0.25, 0.3) is 5.91 Å². The van der Waals surface area contributed by atoms with Crippen molar-refractivity contribution in [2.24, 2.45) is 0 Å². The van der Waals surface area contributed by atoms with Gasteiger partial charge in [-0.2, -0.15) is 5.10 Å². The van der Waals surface area contributed by atoms with Crippen LogP contribution in [0.1, 0.15) is 27.7 Å². The first-order valence-corrected chi connectivity index (χ1v) is 9.54. The van der Waals surface area contributed by atoms with E-state index in [4.69, 9.17) is 4.74 Å². The lowest BCUT2D eigenvalue weighted by atomic mass is 9.95. The molecule has 0 radical (unpaired) electrons. The highest BCUT2D eigenvalue weighted by atomic mass is 19.1. The number of nitrogens with zero attached hydrogens (tertiary/aromatic N) is 2. The number of aromatic amines is 1. The molecule has 4 aromatic rings. The van der Waals surface area contributed by atoms with E-state index in [9.17, 15) is 9.18 Å². The highest BCUT2D eigenvalue weighted by molar-refractivity contribution is 6.11. The van der Waals surface area contributed by atoms with Crippen molar-refractivity contribution in [3.05, 3.63) is 102 Å². The van der Waals surface area contributed by atoms with Crippen LogP contribution in [0.2, 0.25) is 0 Å². The summed E-state index contributed by atoms with van der Waals surface area (Å²) in [7, 11) is 1.61. The minimum Gasteiger partial charge on any atom is -0.496 e. The lowest BCUT2D eigenvalue weighted by Gasteiger charge is -2.27. The first-order chi connectivity index (χ1) is 14.7. The average Bonchev–Trinajstić information content (AvgIpc) is 3.34. The Labute approximate surface area is 172 Å². The van der Waals surface area contributed by atoms with Crippen LogP contribution in [-0.4, -0.2) is 23.2 Å². The maximum absolute atomic E-state index is 13.5. The number of benzene rings is 3.